The van der Waals surface area contributed by atoms with Crippen LogP contribution in [0.15, 0.2) is 65.3 Å². The first-order valence-electron chi connectivity index (χ1n) is 9.24. The molecule has 6 heteroatoms. The van der Waals surface area contributed by atoms with Crippen LogP contribution >= 0.6 is 0 Å². The fourth-order valence-corrected chi connectivity index (χ4v) is 3.15. The van der Waals surface area contributed by atoms with Crippen LogP contribution in [0.3, 0.4) is 0 Å². The predicted octanol–water partition coefficient (Wildman–Crippen LogP) is 2.51. The number of hydrogen-bond donors (Lipinski definition) is 2. The zero-order valence-electron chi connectivity index (χ0n) is 16.1. The third-order valence-electron chi connectivity index (χ3n) is 4.66. The first kappa shape index (κ1) is 19.6. The number of furan rings is 1. The van der Waals surface area contributed by atoms with Gasteiger partial charge < -0.3 is 15.1 Å². The Labute approximate surface area is 164 Å². The van der Waals surface area contributed by atoms with Crippen LogP contribution < -0.4 is 10.6 Å². The minimum absolute atomic E-state index is 0.0537. The van der Waals surface area contributed by atoms with Crippen molar-refractivity contribution >= 4 is 22.6 Å². The van der Waals surface area contributed by atoms with Crippen LogP contribution in [-0.4, -0.2) is 43.9 Å². The zero-order chi connectivity index (χ0) is 19.9. The molecule has 0 bridgehead atoms. The second kappa shape index (κ2) is 9.19. The van der Waals surface area contributed by atoms with Crippen LogP contribution in [-0.2, 0) is 16.0 Å². The van der Waals surface area contributed by atoms with E-state index in [1.807, 2.05) is 73.6 Å². The maximum absolute atomic E-state index is 12.3. The summed E-state index contributed by atoms with van der Waals surface area (Å²) in [6.07, 6.45) is 1.85. The highest BCUT2D eigenvalue weighted by atomic mass is 16.3. The SMILES string of the molecule is CN(C)[C@H](CNC(=O)CNC(=O)Cc1cccc2ccccc12)c1ccco1. The summed E-state index contributed by atoms with van der Waals surface area (Å²) in [6.45, 7) is 0.348. The van der Waals surface area contributed by atoms with Crippen LogP contribution in [0.1, 0.15) is 17.4 Å². The van der Waals surface area contributed by atoms with Crippen molar-refractivity contribution < 1.29 is 14.0 Å². The maximum Gasteiger partial charge on any atom is 0.239 e. The molecule has 146 valence electrons. The Kier molecular flexibility index (Phi) is 6.45. The largest absolute Gasteiger partial charge is 0.468 e. The first-order valence-corrected chi connectivity index (χ1v) is 9.24. The van der Waals surface area contributed by atoms with Crippen molar-refractivity contribution in [2.45, 2.75) is 12.5 Å². The van der Waals surface area contributed by atoms with Gasteiger partial charge in [0.25, 0.3) is 0 Å². The van der Waals surface area contributed by atoms with Gasteiger partial charge in [-0.25, -0.2) is 0 Å². The molecule has 1 aromatic heterocycles. The van der Waals surface area contributed by atoms with Crippen LogP contribution in [0.4, 0.5) is 0 Å². The highest BCUT2D eigenvalue weighted by Gasteiger charge is 2.18. The summed E-state index contributed by atoms with van der Waals surface area (Å²) in [5.74, 6) is 0.372. The molecule has 0 saturated carbocycles. The molecule has 3 rings (SSSR count). The molecule has 0 radical (unpaired) electrons. The average Bonchev–Trinajstić information content (AvgIpc) is 3.21. The van der Waals surface area contributed by atoms with Crippen molar-refractivity contribution in [3.8, 4) is 0 Å². The Morgan fingerprint density at radius 1 is 0.964 bits per heavy atom. The number of carbonyl (C=O) groups is 2. The van der Waals surface area contributed by atoms with Gasteiger partial charge in [-0.1, -0.05) is 42.5 Å². The lowest BCUT2D eigenvalue weighted by Gasteiger charge is -2.22. The molecular weight excluding hydrogens is 354 g/mol. The van der Waals surface area contributed by atoms with Gasteiger partial charge in [0.15, 0.2) is 0 Å². The summed E-state index contributed by atoms with van der Waals surface area (Å²) in [5, 5.41) is 7.69. The molecule has 2 N–H and O–H groups in total. The minimum atomic E-state index is -0.232. The van der Waals surface area contributed by atoms with Gasteiger partial charge in [-0.15, -0.1) is 0 Å². The highest BCUT2D eigenvalue weighted by Crippen LogP contribution is 2.19. The number of carbonyl (C=O) groups excluding carboxylic acids is 2. The molecular formula is C22H25N3O3. The number of nitrogens with one attached hydrogen (secondary N) is 2. The van der Waals surface area contributed by atoms with Gasteiger partial charge in [0, 0.05) is 6.54 Å². The van der Waals surface area contributed by atoms with Crippen molar-refractivity contribution in [3.05, 3.63) is 72.2 Å². The van der Waals surface area contributed by atoms with E-state index in [9.17, 15) is 9.59 Å². The number of fused-ring (bicyclic) bond motifs is 1. The smallest absolute Gasteiger partial charge is 0.239 e. The molecule has 1 heterocycles. The molecule has 0 fully saturated rings. The molecule has 0 spiro atoms. The Morgan fingerprint density at radius 3 is 2.50 bits per heavy atom. The second-order valence-electron chi connectivity index (χ2n) is 6.89. The number of likely N-dealkylation sites (N-methyl/N-ethyl adjacent to an activating group) is 1. The molecule has 28 heavy (non-hydrogen) atoms. The van der Waals surface area contributed by atoms with E-state index in [1.165, 1.54) is 0 Å². The van der Waals surface area contributed by atoms with Crippen molar-refractivity contribution in [3.63, 3.8) is 0 Å². The van der Waals surface area contributed by atoms with Crippen LogP contribution in [0.25, 0.3) is 10.8 Å². The molecule has 0 saturated heterocycles. The van der Waals surface area contributed by atoms with Gasteiger partial charge in [-0.3, -0.25) is 14.5 Å². The Morgan fingerprint density at radius 2 is 1.75 bits per heavy atom. The zero-order valence-corrected chi connectivity index (χ0v) is 16.1. The van der Waals surface area contributed by atoms with E-state index >= 15 is 0 Å². The Bertz CT molecular complexity index is 930. The van der Waals surface area contributed by atoms with Crippen LogP contribution in [0.5, 0.6) is 0 Å². The molecule has 2 amide bonds. The maximum atomic E-state index is 12.3. The van der Waals surface area contributed by atoms with Crippen LogP contribution in [0.2, 0.25) is 0 Å². The van der Waals surface area contributed by atoms with Crippen molar-refractivity contribution in [1.82, 2.24) is 15.5 Å². The number of rotatable bonds is 8. The number of benzene rings is 2. The average molecular weight is 379 g/mol. The third-order valence-corrected chi connectivity index (χ3v) is 4.66. The first-order chi connectivity index (χ1) is 13.5. The van der Waals surface area contributed by atoms with Gasteiger partial charge in [0.1, 0.15) is 5.76 Å². The third kappa shape index (κ3) is 4.98. The number of nitrogens with zero attached hydrogens (tertiary/aromatic N) is 1. The van der Waals surface area contributed by atoms with Gasteiger partial charge in [0.2, 0.25) is 11.8 Å². The molecule has 6 nitrogen and oxygen atoms in total. The molecule has 0 aliphatic heterocycles. The van der Waals surface area contributed by atoms with E-state index in [2.05, 4.69) is 10.6 Å². The van der Waals surface area contributed by atoms with Crippen molar-refractivity contribution in [2.75, 3.05) is 27.2 Å². The van der Waals surface area contributed by atoms with Crippen molar-refractivity contribution in [1.29, 1.82) is 0 Å². The minimum Gasteiger partial charge on any atom is -0.468 e. The summed E-state index contributed by atoms with van der Waals surface area (Å²) < 4.78 is 5.43. The fourth-order valence-electron chi connectivity index (χ4n) is 3.15. The van der Waals surface area contributed by atoms with E-state index in [1.54, 1.807) is 6.26 Å². The van der Waals surface area contributed by atoms with Gasteiger partial charge in [-0.2, -0.15) is 0 Å². The predicted molar refractivity (Wildman–Crippen MR) is 109 cm³/mol. The monoisotopic (exact) mass is 379 g/mol. The Balaban J connectivity index is 1.49. The molecule has 0 unspecified atom stereocenters. The molecule has 0 aliphatic rings. The standard InChI is InChI=1S/C22H25N3O3/c1-25(2)19(20-11-6-12-28-20)14-23-22(27)15-24-21(26)13-17-9-5-8-16-7-3-4-10-18(16)17/h3-12,19H,13-15H2,1-2H3,(H,23,27)(H,24,26)/t19-/m1/s1. The molecule has 3 aromatic rings. The van der Waals surface area contributed by atoms with E-state index < -0.39 is 0 Å². The summed E-state index contributed by atoms with van der Waals surface area (Å²) in [4.78, 5) is 26.4. The molecule has 2 aromatic carbocycles. The number of amides is 2. The summed E-state index contributed by atoms with van der Waals surface area (Å²) in [5.41, 5.74) is 0.946. The Hall–Kier alpha value is -3.12. The van der Waals surface area contributed by atoms with Gasteiger partial charge in [0.05, 0.1) is 25.3 Å². The lowest BCUT2D eigenvalue weighted by atomic mass is 10.0. The highest BCUT2D eigenvalue weighted by molar-refractivity contribution is 5.91. The fraction of sp³-hybridized carbons (Fsp3) is 0.273. The van der Waals surface area contributed by atoms with E-state index in [-0.39, 0.29) is 30.8 Å². The summed E-state index contributed by atoms with van der Waals surface area (Å²) in [6, 6.07) is 17.5. The molecule has 0 aliphatic carbocycles. The topological polar surface area (TPSA) is 74.6 Å². The normalized spacial score (nSPS) is 12.1. The summed E-state index contributed by atoms with van der Waals surface area (Å²) in [7, 11) is 3.84. The van der Waals surface area contributed by atoms with E-state index in [0.29, 0.717) is 6.54 Å². The van der Waals surface area contributed by atoms with E-state index in [4.69, 9.17) is 4.42 Å². The van der Waals surface area contributed by atoms with Gasteiger partial charge in [-0.05, 0) is 42.6 Å². The lowest BCUT2D eigenvalue weighted by Crippen LogP contribution is -2.41. The summed E-state index contributed by atoms with van der Waals surface area (Å²) >= 11 is 0. The second-order valence-corrected chi connectivity index (χ2v) is 6.89. The van der Waals surface area contributed by atoms with Crippen molar-refractivity contribution in [2.24, 2.45) is 0 Å². The lowest BCUT2D eigenvalue weighted by molar-refractivity contribution is -0.125. The van der Waals surface area contributed by atoms with E-state index in [0.717, 1.165) is 22.1 Å². The number of hydrogen-bond acceptors (Lipinski definition) is 4. The van der Waals surface area contributed by atoms with Crippen LogP contribution in [0, 0.1) is 0 Å². The quantitative estimate of drug-likeness (QED) is 0.631. The molecule has 1 atom stereocenters. The van der Waals surface area contributed by atoms with Gasteiger partial charge >= 0.3 is 0 Å².